The minimum Gasteiger partial charge on any atom is -0.497 e. The van der Waals surface area contributed by atoms with Gasteiger partial charge in [0, 0.05) is 5.57 Å². The number of carbonyl (C=O) groups is 1. The zero-order valence-electron chi connectivity index (χ0n) is 10.7. The molecule has 3 heteroatoms. The van der Waals surface area contributed by atoms with Gasteiger partial charge in [-0.2, -0.15) is 0 Å². The fourth-order valence-electron chi connectivity index (χ4n) is 1.37. The van der Waals surface area contributed by atoms with E-state index in [4.69, 9.17) is 9.47 Å². The van der Waals surface area contributed by atoms with Gasteiger partial charge in [-0.15, -0.1) is 0 Å². The molecule has 1 aromatic rings. The molecule has 0 saturated carbocycles. The molecule has 0 fully saturated rings. The Bertz CT molecular complexity index is 416. The van der Waals surface area contributed by atoms with Crippen LogP contribution in [0.3, 0.4) is 0 Å². The predicted molar refractivity (Wildman–Crippen MR) is 66.9 cm³/mol. The van der Waals surface area contributed by atoms with Crippen molar-refractivity contribution in [1.29, 1.82) is 0 Å². The Balaban J connectivity index is 2.88. The summed E-state index contributed by atoms with van der Waals surface area (Å²) in [4.78, 5) is 11.5. The first-order valence-corrected chi connectivity index (χ1v) is 5.40. The molecular formula is C14H18O3. The number of ether oxygens (including phenoxy) is 2. The van der Waals surface area contributed by atoms with Gasteiger partial charge in [0.25, 0.3) is 0 Å². The lowest BCUT2D eigenvalue weighted by molar-refractivity contribution is -0.152. The number of methoxy groups -OCH3 is 1. The molecule has 0 unspecified atom stereocenters. The average molecular weight is 234 g/mol. The van der Waals surface area contributed by atoms with Crippen LogP contribution < -0.4 is 4.74 Å². The van der Waals surface area contributed by atoms with Crippen molar-refractivity contribution in [3.05, 3.63) is 42.0 Å². The standard InChI is InChI=1S/C14H18O3/c1-10(2)13(15)17-14(3,4)11-6-8-12(16-5)9-7-11/h6-9H,1H2,2-5H3. The summed E-state index contributed by atoms with van der Waals surface area (Å²) in [5.41, 5.74) is 0.627. The van der Waals surface area contributed by atoms with Crippen LogP contribution in [0, 0.1) is 0 Å². The van der Waals surface area contributed by atoms with Crippen molar-refractivity contribution in [3.63, 3.8) is 0 Å². The Morgan fingerprint density at radius 3 is 2.18 bits per heavy atom. The Kier molecular flexibility index (Phi) is 3.94. The summed E-state index contributed by atoms with van der Waals surface area (Å²) in [5.74, 6) is 0.390. The molecule has 0 spiro atoms. The van der Waals surface area contributed by atoms with Crippen LogP contribution in [0.15, 0.2) is 36.4 Å². The summed E-state index contributed by atoms with van der Waals surface area (Å²) in [6, 6.07) is 7.44. The van der Waals surface area contributed by atoms with Crippen LogP contribution in [0.4, 0.5) is 0 Å². The molecule has 3 nitrogen and oxygen atoms in total. The van der Waals surface area contributed by atoms with Crippen LogP contribution >= 0.6 is 0 Å². The highest BCUT2D eigenvalue weighted by Crippen LogP contribution is 2.27. The van der Waals surface area contributed by atoms with Crippen LogP contribution in [-0.2, 0) is 15.1 Å². The highest BCUT2D eigenvalue weighted by atomic mass is 16.6. The van der Waals surface area contributed by atoms with Gasteiger partial charge in [0.2, 0.25) is 0 Å². The molecule has 0 aliphatic carbocycles. The zero-order valence-corrected chi connectivity index (χ0v) is 10.7. The Morgan fingerprint density at radius 1 is 1.24 bits per heavy atom. The first-order chi connectivity index (χ1) is 7.86. The van der Waals surface area contributed by atoms with Gasteiger partial charge in [-0.1, -0.05) is 18.7 Å². The minimum atomic E-state index is -0.678. The maximum Gasteiger partial charge on any atom is 0.333 e. The van der Waals surface area contributed by atoms with Crippen molar-refractivity contribution < 1.29 is 14.3 Å². The van der Waals surface area contributed by atoms with Crippen molar-refractivity contribution in [2.45, 2.75) is 26.4 Å². The van der Waals surface area contributed by atoms with Crippen molar-refractivity contribution in [2.75, 3.05) is 7.11 Å². The second kappa shape index (κ2) is 5.04. The van der Waals surface area contributed by atoms with Gasteiger partial charge in [-0.25, -0.2) is 4.79 Å². The van der Waals surface area contributed by atoms with E-state index in [1.54, 1.807) is 14.0 Å². The summed E-state index contributed by atoms with van der Waals surface area (Å²) in [5, 5.41) is 0. The highest BCUT2D eigenvalue weighted by molar-refractivity contribution is 5.87. The predicted octanol–water partition coefficient (Wildman–Crippen LogP) is 3.05. The molecule has 0 aliphatic heterocycles. The van der Waals surface area contributed by atoms with E-state index in [1.807, 2.05) is 38.1 Å². The second-order valence-corrected chi connectivity index (χ2v) is 4.41. The van der Waals surface area contributed by atoms with E-state index in [0.29, 0.717) is 5.57 Å². The molecule has 1 aromatic carbocycles. The Hall–Kier alpha value is -1.77. The van der Waals surface area contributed by atoms with Crippen LogP contribution in [0.25, 0.3) is 0 Å². The summed E-state index contributed by atoms with van der Waals surface area (Å²) in [6.45, 7) is 8.88. The molecule has 0 atom stereocenters. The van der Waals surface area contributed by atoms with Crippen LogP contribution in [0.1, 0.15) is 26.3 Å². The number of hydrogen-bond acceptors (Lipinski definition) is 3. The summed E-state index contributed by atoms with van der Waals surface area (Å²) >= 11 is 0. The van der Waals surface area contributed by atoms with Crippen LogP contribution in [0.2, 0.25) is 0 Å². The largest absolute Gasteiger partial charge is 0.497 e. The van der Waals surface area contributed by atoms with E-state index >= 15 is 0 Å². The lowest BCUT2D eigenvalue weighted by atomic mass is 9.98. The van der Waals surface area contributed by atoms with Gasteiger partial charge in [0.1, 0.15) is 11.4 Å². The fourth-order valence-corrected chi connectivity index (χ4v) is 1.37. The van der Waals surface area contributed by atoms with Crippen LogP contribution in [0.5, 0.6) is 5.75 Å². The normalized spacial score (nSPS) is 10.8. The Labute approximate surface area is 102 Å². The lowest BCUT2D eigenvalue weighted by Crippen LogP contribution is -2.25. The molecule has 0 saturated heterocycles. The molecule has 0 radical (unpaired) electrons. The summed E-state index contributed by atoms with van der Waals surface area (Å²) in [7, 11) is 1.61. The van der Waals surface area contributed by atoms with Gasteiger partial charge in [-0.05, 0) is 38.5 Å². The van der Waals surface area contributed by atoms with E-state index in [0.717, 1.165) is 11.3 Å². The molecule has 92 valence electrons. The topological polar surface area (TPSA) is 35.5 Å². The molecule has 1 rings (SSSR count). The maximum atomic E-state index is 11.5. The lowest BCUT2D eigenvalue weighted by Gasteiger charge is -2.25. The second-order valence-electron chi connectivity index (χ2n) is 4.41. The third-order valence-electron chi connectivity index (χ3n) is 2.48. The van der Waals surface area contributed by atoms with Gasteiger partial charge in [0.15, 0.2) is 0 Å². The zero-order chi connectivity index (χ0) is 13.1. The molecular weight excluding hydrogens is 216 g/mol. The van der Waals surface area contributed by atoms with Crippen molar-refractivity contribution in [2.24, 2.45) is 0 Å². The molecule has 0 heterocycles. The molecule has 0 amide bonds. The molecule has 0 aliphatic rings. The summed E-state index contributed by atoms with van der Waals surface area (Å²) in [6.07, 6.45) is 0. The first kappa shape index (κ1) is 13.3. The fraction of sp³-hybridized carbons (Fsp3) is 0.357. The molecule has 0 N–H and O–H groups in total. The summed E-state index contributed by atoms with van der Waals surface area (Å²) < 4.78 is 10.5. The number of hydrogen-bond donors (Lipinski definition) is 0. The molecule has 17 heavy (non-hydrogen) atoms. The molecule has 0 aromatic heterocycles. The van der Waals surface area contributed by atoms with E-state index in [2.05, 4.69) is 6.58 Å². The Morgan fingerprint density at radius 2 is 1.76 bits per heavy atom. The van der Waals surface area contributed by atoms with E-state index in [-0.39, 0.29) is 5.97 Å². The van der Waals surface area contributed by atoms with Crippen molar-refractivity contribution in [1.82, 2.24) is 0 Å². The first-order valence-electron chi connectivity index (χ1n) is 5.40. The van der Waals surface area contributed by atoms with Gasteiger partial charge >= 0.3 is 5.97 Å². The van der Waals surface area contributed by atoms with E-state index < -0.39 is 5.60 Å². The number of carbonyl (C=O) groups excluding carboxylic acids is 1. The highest BCUT2D eigenvalue weighted by Gasteiger charge is 2.25. The van der Waals surface area contributed by atoms with E-state index in [1.165, 1.54) is 0 Å². The number of benzene rings is 1. The third kappa shape index (κ3) is 3.34. The number of rotatable bonds is 4. The van der Waals surface area contributed by atoms with Gasteiger partial charge < -0.3 is 9.47 Å². The average Bonchev–Trinajstić information content (AvgIpc) is 2.28. The smallest absolute Gasteiger partial charge is 0.333 e. The van der Waals surface area contributed by atoms with Crippen LogP contribution in [-0.4, -0.2) is 13.1 Å². The maximum absolute atomic E-state index is 11.5. The molecule has 0 bridgehead atoms. The monoisotopic (exact) mass is 234 g/mol. The quantitative estimate of drug-likeness (QED) is 0.593. The van der Waals surface area contributed by atoms with Gasteiger partial charge in [0.05, 0.1) is 7.11 Å². The van der Waals surface area contributed by atoms with Crippen molar-refractivity contribution in [3.8, 4) is 5.75 Å². The van der Waals surface area contributed by atoms with Gasteiger partial charge in [-0.3, -0.25) is 0 Å². The third-order valence-corrected chi connectivity index (χ3v) is 2.48. The van der Waals surface area contributed by atoms with E-state index in [9.17, 15) is 4.79 Å². The minimum absolute atomic E-state index is 0.384. The number of esters is 1. The SMILES string of the molecule is C=C(C)C(=O)OC(C)(C)c1ccc(OC)cc1. The van der Waals surface area contributed by atoms with Crippen molar-refractivity contribution >= 4 is 5.97 Å².